The Hall–Kier alpha value is -3.49. The van der Waals surface area contributed by atoms with E-state index in [1.807, 2.05) is 47.6 Å². The van der Waals surface area contributed by atoms with Crippen LogP contribution in [0.5, 0.6) is 0 Å². The van der Waals surface area contributed by atoms with E-state index in [1.54, 1.807) is 18.5 Å². The fourth-order valence-corrected chi connectivity index (χ4v) is 3.80. The molecule has 1 aliphatic heterocycles. The van der Waals surface area contributed by atoms with Gasteiger partial charge in [0, 0.05) is 48.8 Å². The summed E-state index contributed by atoms with van der Waals surface area (Å²) in [5.74, 6) is 1.70. The van der Waals surface area contributed by atoms with Crippen molar-refractivity contribution >= 4 is 22.9 Å². The van der Waals surface area contributed by atoms with E-state index in [0.717, 1.165) is 24.5 Å². The number of pyridine rings is 1. The predicted molar refractivity (Wildman–Crippen MR) is 118 cm³/mol. The van der Waals surface area contributed by atoms with E-state index in [1.165, 1.54) is 6.07 Å². The molecule has 31 heavy (non-hydrogen) atoms. The van der Waals surface area contributed by atoms with Crippen molar-refractivity contribution in [3.63, 3.8) is 0 Å². The maximum atomic E-state index is 13.7. The second kappa shape index (κ2) is 8.71. The highest BCUT2D eigenvalue weighted by Gasteiger charge is 2.21. The second-order valence-corrected chi connectivity index (χ2v) is 7.96. The Bertz CT molecular complexity index is 1070. The quantitative estimate of drug-likeness (QED) is 0.443. The summed E-state index contributed by atoms with van der Waals surface area (Å²) in [5, 5.41) is 14.6. The summed E-state index contributed by atoms with van der Waals surface area (Å²) in [6, 6.07) is 10.5. The molecule has 1 aromatic carbocycles. The van der Waals surface area contributed by atoms with Gasteiger partial charge < -0.3 is 10.2 Å². The standard InChI is InChI=1S/C22H25FN6O2/c1-15(2)22-24-11-13-28(22)20-10-9-19(29(30)31)21(26-20)25-17-5-7-18(8-6-17)27-12-3-4-16(23)14-27/h5-11,13,15-16H,3-4,12,14H2,1-2H3,(H,25,26). The van der Waals surface area contributed by atoms with Crippen LogP contribution in [0.25, 0.3) is 5.82 Å². The average molecular weight is 424 g/mol. The molecule has 3 aromatic rings. The molecular formula is C22H25FN6O2. The van der Waals surface area contributed by atoms with Crippen LogP contribution in [0.4, 0.5) is 27.3 Å². The van der Waals surface area contributed by atoms with Gasteiger partial charge in [0.1, 0.15) is 17.8 Å². The molecule has 0 aliphatic carbocycles. The number of hydrogen-bond donors (Lipinski definition) is 1. The first kappa shape index (κ1) is 20.8. The fourth-order valence-electron chi connectivity index (χ4n) is 3.80. The monoisotopic (exact) mass is 424 g/mol. The molecule has 9 heteroatoms. The summed E-state index contributed by atoms with van der Waals surface area (Å²) in [7, 11) is 0. The molecule has 1 fully saturated rings. The highest BCUT2D eigenvalue weighted by atomic mass is 19.1. The Labute approximate surface area is 179 Å². The number of anilines is 3. The predicted octanol–water partition coefficient (Wildman–Crippen LogP) is 4.98. The van der Waals surface area contributed by atoms with Crippen LogP contribution in [0, 0.1) is 10.1 Å². The van der Waals surface area contributed by atoms with Crippen molar-refractivity contribution in [2.24, 2.45) is 0 Å². The van der Waals surface area contributed by atoms with Crippen LogP contribution in [0.1, 0.15) is 38.4 Å². The number of piperidine rings is 1. The number of benzene rings is 1. The summed E-state index contributed by atoms with van der Waals surface area (Å²) >= 11 is 0. The molecule has 162 valence electrons. The van der Waals surface area contributed by atoms with E-state index in [9.17, 15) is 14.5 Å². The second-order valence-electron chi connectivity index (χ2n) is 7.96. The fraction of sp³-hybridized carbons (Fsp3) is 0.364. The molecule has 0 spiro atoms. The lowest BCUT2D eigenvalue weighted by molar-refractivity contribution is -0.384. The third-order valence-electron chi connectivity index (χ3n) is 5.35. The lowest BCUT2D eigenvalue weighted by Gasteiger charge is -2.31. The lowest BCUT2D eigenvalue weighted by Crippen LogP contribution is -2.36. The van der Waals surface area contributed by atoms with Crippen molar-refractivity contribution in [2.75, 3.05) is 23.3 Å². The molecular weight excluding hydrogens is 399 g/mol. The molecule has 1 N–H and O–H groups in total. The third-order valence-corrected chi connectivity index (χ3v) is 5.35. The SMILES string of the molecule is CC(C)c1nccn1-c1ccc([N+](=O)[O-])c(Nc2ccc(N3CCCC(F)C3)cc2)n1. The molecule has 0 bridgehead atoms. The van der Waals surface area contributed by atoms with E-state index < -0.39 is 11.1 Å². The van der Waals surface area contributed by atoms with Gasteiger partial charge in [-0.1, -0.05) is 13.8 Å². The minimum absolute atomic E-state index is 0.115. The minimum atomic E-state index is -0.806. The first-order chi connectivity index (χ1) is 14.9. The zero-order valence-electron chi connectivity index (χ0n) is 17.5. The van der Waals surface area contributed by atoms with E-state index in [2.05, 4.69) is 15.3 Å². The highest BCUT2D eigenvalue weighted by Crippen LogP contribution is 2.29. The van der Waals surface area contributed by atoms with Crippen molar-refractivity contribution < 1.29 is 9.31 Å². The number of nitro groups is 1. The van der Waals surface area contributed by atoms with Crippen molar-refractivity contribution in [3.8, 4) is 5.82 Å². The van der Waals surface area contributed by atoms with E-state index in [4.69, 9.17) is 0 Å². The van der Waals surface area contributed by atoms with Crippen LogP contribution in [-0.2, 0) is 0 Å². The molecule has 8 nitrogen and oxygen atoms in total. The van der Waals surface area contributed by atoms with Crippen LogP contribution < -0.4 is 10.2 Å². The molecule has 1 atom stereocenters. The maximum Gasteiger partial charge on any atom is 0.311 e. The number of rotatable bonds is 6. The molecule has 0 amide bonds. The lowest BCUT2D eigenvalue weighted by atomic mass is 10.1. The summed E-state index contributed by atoms with van der Waals surface area (Å²) in [6.07, 6.45) is 4.11. The number of nitrogens with one attached hydrogen (secondary N) is 1. The summed E-state index contributed by atoms with van der Waals surface area (Å²) in [6.45, 7) is 5.27. The zero-order chi connectivity index (χ0) is 22.0. The minimum Gasteiger partial charge on any atom is -0.369 e. The molecule has 0 radical (unpaired) electrons. The molecule has 1 unspecified atom stereocenters. The van der Waals surface area contributed by atoms with Gasteiger partial charge in [-0.3, -0.25) is 14.7 Å². The highest BCUT2D eigenvalue weighted by molar-refractivity contribution is 5.68. The maximum absolute atomic E-state index is 13.7. The van der Waals surface area contributed by atoms with Crippen LogP contribution in [0.2, 0.25) is 0 Å². The molecule has 1 aliphatic rings. The molecule has 0 saturated carbocycles. The van der Waals surface area contributed by atoms with Crippen molar-refractivity contribution in [2.45, 2.75) is 38.8 Å². The van der Waals surface area contributed by atoms with Crippen molar-refractivity contribution in [1.29, 1.82) is 0 Å². The molecule has 3 heterocycles. The van der Waals surface area contributed by atoms with Crippen LogP contribution in [0.15, 0.2) is 48.8 Å². The largest absolute Gasteiger partial charge is 0.369 e. The van der Waals surface area contributed by atoms with Gasteiger partial charge >= 0.3 is 5.69 Å². The van der Waals surface area contributed by atoms with Gasteiger partial charge in [0.15, 0.2) is 0 Å². The normalized spacial score (nSPS) is 16.5. The van der Waals surface area contributed by atoms with Gasteiger partial charge in [-0.05, 0) is 43.2 Å². The number of imidazole rings is 1. The van der Waals surface area contributed by atoms with E-state index in [-0.39, 0.29) is 17.4 Å². The smallest absolute Gasteiger partial charge is 0.311 e. The summed E-state index contributed by atoms with van der Waals surface area (Å²) in [4.78, 5) is 22.0. The number of halogens is 1. The molecule has 4 rings (SSSR count). The van der Waals surface area contributed by atoms with Crippen molar-refractivity contribution in [1.82, 2.24) is 14.5 Å². The average Bonchev–Trinajstić information content (AvgIpc) is 3.24. The van der Waals surface area contributed by atoms with Gasteiger partial charge in [-0.15, -0.1) is 0 Å². The van der Waals surface area contributed by atoms with Gasteiger partial charge in [0.25, 0.3) is 0 Å². The number of alkyl halides is 1. The van der Waals surface area contributed by atoms with Gasteiger partial charge in [0.2, 0.25) is 5.82 Å². The van der Waals surface area contributed by atoms with Gasteiger partial charge in [-0.25, -0.2) is 14.4 Å². The Kier molecular flexibility index (Phi) is 5.83. The van der Waals surface area contributed by atoms with E-state index >= 15 is 0 Å². The van der Waals surface area contributed by atoms with E-state index in [0.29, 0.717) is 24.5 Å². The zero-order valence-corrected chi connectivity index (χ0v) is 17.5. The Morgan fingerprint density at radius 3 is 2.68 bits per heavy atom. The third kappa shape index (κ3) is 4.50. The van der Waals surface area contributed by atoms with Gasteiger partial charge in [0.05, 0.1) is 4.92 Å². The summed E-state index contributed by atoms with van der Waals surface area (Å²) < 4.78 is 15.5. The number of nitrogens with zero attached hydrogens (tertiary/aromatic N) is 5. The Balaban J connectivity index is 1.61. The van der Waals surface area contributed by atoms with Crippen LogP contribution >= 0.6 is 0 Å². The van der Waals surface area contributed by atoms with Gasteiger partial charge in [-0.2, -0.15) is 0 Å². The Morgan fingerprint density at radius 1 is 1.23 bits per heavy atom. The van der Waals surface area contributed by atoms with Crippen LogP contribution in [0.3, 0.4) is 0 Å². The topological polar surface area (TPSA) is 89.1 Å². The molecule has 1 saturated heterocycles. The summed E-state index contributed by atoms with van der Waals surface area (Å²) in [5.41, 5.74) is 1.49. The first-order valence-corrected chi connectivity index (χ1v) is 10.4. The van der Waals surface area contributed by atoms with Crippen molar-refractivity contribution in [3.05, 3.63) is 64.7 Å². The number of hydrogen-bond acceptors (Lipinski definition) is 6. The molecule has 2 aromatic heterocycles. The first-order valence-electron chi connectivity index (χ1n) is 10.4. The number of aromatic nitrogens is 3. The van der Waals surface area contributed by atoms with Crippen LogP contribution in [-0.4, -0.2) is 38.7 Å². The Morgan fingerprint density at radius 2 is 2.00 bits per heavy atom.